The fourth-order valence-corrected chi connectivity index (χ4v) is 2.43. The second kappa shape index (κ2) is 5.49. The lowest BCUT2D eigenvalue weighted by Crippen LogP contribution is -2.04. The molecule has 0 spiro atoms. The highest BCUT2D eigenvalue weighted by atomic mass is 35.5. The van der Waals surface area contributed by atoms with Crippen LogP contribution in [0.25, 0.3) is 0 Å². The van der Waals surface area contributed by atoms with E-state index in [1.165, 1.54) is 16.8 Å². The van der Waals surface area contributed by atoms with Crippen molar-refractivity contribution in [2.45, 2.75) is 19.4 Å². The summed E-state index contributed by atoms with van der Waals surface area (Å²) in [4.78, 5) is 0. The third-order valence-electron chi connectivity index (χ3n) is 2.94. The Morgan fingerprint density at radius 2 is 2.11 bits per heavy atom. The number of nitrogens with zero attached hydrogens (tertiary/aromatic N) is 2. The van der Waals surface area contributed by atoms with Crippen LogP contribution >= 0.6 is 23.2 Å². The summed E-state index contributed by atoms with van der Waals surface area (Å²) in [6, 6.07) is 4.45. The van der Waals surface area contributed by atoms with Gasteiger partial charge in [-0.25, -0.2) is 4.39 Å². The SMILES string of the molecule is Cc1nn(C)c(Cl)c1C(O)Cc1ccc(Cl)c(F)c1. The number of aliphatic hydroxyl groups excluding tert-OH is 1. The Hall–Kier alpha value is -1.10. The van der Waals surface area contributed by atoms with Crippen molar-refractivity contribution in [3.05, 3.63) is 51.0 Å². The van der Waals surface area contributed by atoms with Crippen LogP contribution in [0.4, 0.5) is 4.39 Å². The maximum atomic E-state index is 13.3. The van der Waals surface area contributed by atoms with Crippen LogP contribution in [0.1, 0.15) is 22.9 Å². The molecule has 3 nitrogen and oxygen atoms in total. The van der Waals surface area contributed by atoms with Crippen molar-refractivity contribution in [1.82, 2.24) is 9.78 Å². The van der Waals surface area contributed by atoms with Crippen LogP contribution in [-0.2, 0) is 13.5 Å². The number of aromatic nitrogens is 2. The Bertz CT molecular complexity index is 613. The Kier molecular flexibility index (Phi) is 4.13. The smallest absolute Gasteiger partial charge is 0.142 e. The van der Waals surface area contributed by atoms with Gasteiger partial charge in [0, 0.05) is 19.0 Å². The molecule has 0 bridgehead atoms. The molecule has 19 heavy (non-hydrogen) atoms. The second-order valence-electron chi connectivity index (χ2n) is 4.38. The van der Waals surface area contributed by atoms with Crippen LogP contribution in [0.5, 0.6) is 0 Å². The van der Waals surface area contributed by atoms with Crippen molar-refractivity contribution >= 4 is 23.2 Å². The van der Waals surface area contributed by atoms with Gasteiger partial charge in [-0.15, -0.1) is 0 Å². The first-order chi connectivity index (χ1) is 8.90. The predicted octanol–water partition coefficient (Wildman–Crippen LogP) is 3.45. The van der Waals surface area contributed by atoms with Crippen molar-refractivity contribution in [3.8, 4) is 0 Å². The molecule has 2 rings (SSSR count). The van der Waals surface area contributed by atoms with E-state index in [-0.39, 0.29) is 11.4 Å². The van der Waals surface area contributed by atoms with Crippen LogP contribution in [0.2, 0.25) is 10.2 Å². The zero-order valence-electron chi connectivity index (χ0n) is 10.5. The molecule has 1 N–H and O–H groups in total. The van der Waals surface area contributed by atoms with E-state index in [0.29, 0.717) is 22.0 Å². The topological polar surface area (TPSA) is 38.0 Å². The molecular weight excluding hydrogens is 290 g/mol. The van der Waals surface area contributed by atoms with Crippen LogP contribution in [0.3, 0.4) is 0 Å². The van der Waals surface area contributed by atoms with Gasteiger partial charge < -0.3 is 5.11 Å². The lowest BCUT2D eigenvalue weighted by Gasteiger charge is -2.11. The van der Waals surface area contributed by atoms with Crippen LogP contribution in [-0.4, -0.2) is 14.9 Å². The Labute approximate surface area is 120 Å². The highest BCUT2D eigenvalue weighted by molar-refractivity contribution is 6.30. The summed E-state index contributed by atoms with van der Waals surface area (Å²) in [5.74, 6) is -0.500. The van der Waals surface area contributed by atoms with Gasteiger partial charge >= 0.3 is 0 Å². The third-order valence-corrected chi connectivity index (χ3v) is 3.70. The van der Waals surface area contributed by atoms with E-state index in [1.54, 1.807) is 20.0 Å². The molecule has 6 heteroatoms. The molecule has 1 unspecified atom stereocenters. The molecule has 1 atom stereocenters. The lowest BCUT2D eigenvalue weighted by atomic mass is 10.0. The number of hydrogen-bond acceptors (Lipinski definition) is 2. The second-order valence-corrected chi connectivity index (χ2v) is 5.15. The molecule has 0 saturated carbocycles. The number of aryl methyl sites for hydroxylation is 2. The van der Waals surface area contributed by atoms with E-state index in [1.807, 2.05) is 0 Å². The van der Waals surface area contributed by atoms with Crippen LogP contribution in [0, 0.1) is 12.7 Å². The molecule has 0 aliphatic heterocycles. The van der Waals surface area contributed by atoms with Gasteiger partial charge in [-0.1, -0.05) is 29.3 Å². The maximum Gasteiger partial charge on any atom is 0.142 e. The van der Waals surface area contributed by atoms with E-state index in [0.717, 1.165) is 0 Å². The minimum atomic E-state index is -0.832. The van der Waals surface area contributed by atoms with Gasteiger partial charge in [0.15, 0.2) is 0 Å². The number of rotatable bonds is 3. The predicted molar refractivity (Wildman–Crippen MR) is 73.0 cm³/mol. The van der Waals surface area contributed by atoms with Crippen molar-refractivity contribution in [2.24, 2.45) is 7.05 Å². The first-order valence-corrected chi connectivity index (χ1v) is 6.46. The summed E-state index contributed by atoms with van der Waals surface area (Å²) < 4.78 is 14.8. The summed E-state index contributed by atoms with van der Waals surface area (Å²) in [6.07, 6.45) is -0.581. The summed E-state index contributed by atoms with van der Waals surface area (Å²) in [5, 5.41) is 14.8. The van der Waals surface area contributed by atoms with Gasteiger partial charge in [-0.2, -0.15) is 5.10 Å². The maximum absolute atomic E-state index is 13.3. The molecule has 102 valence electrons. The molecule has 0 amide bonds. The van der Waals surface area contributed by atoms with Gasteiger partial charge in [0.2, 0.25) is 0 Å². The van der Waals surface area contributed by atoms with Gasteiger partial charge in [0.05, 0.1) is 16.8 Å². The van der Waals surface area contributed by atoms with Crippen molar-refractivity contribution in [2.75, 3.05) is 0 Å². The Balaban J connectivity index is 2.25. The standard InChI is InChI=1S/C13H13Cl2FN2O/c1-7-12(13(15)18(2)17-7)11(19)6-8-3-4-9(14)10(16)5-8/h3-5,11,19H,6H2,1-2H3. The molecule has 0 aliphatic carbocycles. The largest absolute Gasteiger partial charge is 0.388 e. The lowest BCUT2D eigenvalue weighted by molar-refractivity contribution is 0.177. The Morgan fingerprint density at radius 3 is 2.63 bits per heavy atom. The van der Waals surface area contributed by atoms with Gasteiger partial charge in [0.25, 0.3) is 0 Å². The first-order valence-electron chi connectivity index (χ1n) is 5.71. The fourth-order valence-electron chi connectivity index (χ4n) is 2.02. The number of benzene rings is 1. The first kappa shape index (κ1) is 14.3. The summed E-state index contributed by atoms with van der Waals surface area (Å²) in [5.41, 5.74) is 1.88. The van der Waals surface area contributed by atoms with E-state index in [9.17, 15) is 9.50 Å². The molecule has 1 heterocycles. The van der Waals surface area contributed by atoms with E-state index in [4.69, 9.17) is 23.2 Å². The van der Waals surface area contributed by atoms with Crippen molar-refractivity contribution < 1.29 is 9.50 Å². The van der Waals surface area contributed by atoms with Gasteiger partial charge in [0.1, 0.15) is 11.0 Å². The molecule has 2 aromatic rings. The number of halogens is 3. The average molecular weight is 303 g/mol. The minimum absolute atomic E-state index is 0.0637. The molecule has 1 aromatic heterocycles. The van der Waals surface area contributed by atoms with Gasteiger partial charge in [-0.3, -0.25) is 4.68 Å². The van der Waals surface area contributed by atoms with E-state index < -0.39 is 11.9 Å². The highest BCUT2D eigenvalue weighted by Crippen LogP contribution is 2.29. The Morgan fingerprint density at radius 1 is 1.42 bits per heavy atom. The van der Waals surface area contributed by atoms with E-state index in [2.05, 4.69) is 5.10 Å². The molecule has 0 radical (unpaired) electrons. The number of aliphatic hydroxyl groups is 1. The number of hydrogen-bond donors (Lipinski definition) is 1. The average Bonchev–Trinajstić information content (AvgIpc) is 2.58. The zero-order valence-corrected chi connectivity index (χ0v) is 12.0. The van der Waals surface area contributed by atoms with Crippen molar-refractivity contribution in [3.63, 3.8) is 0 Å². The molecule has 0 fully saturated rings. The fraction of sp³-hybridized carbons (Fsp3) is 0.308. The third kappa shape index (κ3) is 2.91. The molecule has 1 aromatic carbocycles. The van der Waals surface area contributed by atoms with Gasteiger partial charge in [-0.05, 0) is 24.6 Å². The quantitative estimate of drug-likeness (QED) is 0.943. The van der Waals surface area contributed by atoms with E-state index >= 15 is 0 Å². The normalized spacial score (nSPS) is 12.7. The summed E-state index contributed by atoms with van der Waals surface area (Å²) >= 11 is 11.7. The summed E-state index contributed by atoms with van der Waals surface area (Å²) in [7, 11) is 1.70. The monoisotopic (exact) mass is 302 g/mol. The highest BCUT2D eigenvalue weighted by Gasteiger charge is 2.20. The molecule has 0 saturated heterocycles. The molecular formula is C13H13Cl2FN2O. The van der Waals surface area contributed by atoms with Crippen LogP contribution < -0.4 is 0 Å². The summed E-state index contributed by atoms with van der Waals surface area (Å²) in [6.45, 7) is 1.77. The van der Waals surface area contributed by atoms with Crippen molar-refractivity contribution in [1.29, 1.82) is 0 Å². The molecule has 0 aliphatic rings. The minimum Gasteiger partial charge on any atom is -0.388 e. The van der Waals surface area contributed by atoms with Crippen LogP contribution in [0.15, 0.2) is 18.2 Å². The zero-order chi connectivity index (χ0) is 14.2.